The topological polar surface area (TPSA) is 88.0 Å². The first-order chi connectivity index (χ1) is 11.1. The minimum absolute atomic E-state index is 0. The van der Waals surface area contributed by atoms with Gasteiger partial charge in [-0.1, -0.05) is 18.2 Å². The molecule has 1 aromatic carbocycles. The number of nitrogens with two attached hydrogens (primary N) is 1. The van der Waals surface area contributed by atoms with Gasteiger partial charge in [0.25, 0.3) is 0 Å². The average molecular weight is 348 g/mol. The van der Waals surface area contributed by atoms with Gasteiger partial charge in [-0.15, -0.1) is 12.4 Å². The lowest BCUT2D eigenvalue weighted by Crippen LogP contribution is -2.45. The normalized spacial score (nSPS) is 27.9. The SMILES string of the molecule is Cl.NC1C2CCC(C2)C1C(=O)NCc1cc(=O)[nH]c2ccccc12. The molecule has 0 radical (unpaired) electrons. The van der Waals surface area contributed by atoms with Crippen molar-refractivity contribution >= 4 is 29.2 Å². The summed E-state index contributed by atoms with van der Waals surface area (Å²) in [6.07, 6.45) is 3.37. The highest BCUT2D eigenvalue weighted by Crippen LogP contribution is 2.47. The van der Waals surface area contributed by atoms with E-state index in [0.29, 0.717) is 18.4 Å². The maximum absolute atomic E-state index is 12.6. The van der Waals surface area contributed by atoms with E-state index >= 15 is 0 Å². The molecular weight excluding hydrogens is 326 g/mol. The van der Waals surface area contributed by atoms with E-state index in [9.17, 15) is 9.59 Å². The van der Waals surface area contributed by atoms with Crippen LogP contribution in [0.25, 0.3) is 10.9 Å². The maximum Gasteiger partial charge on any atom is 0.248 e. The van der Waals surface area contributed by atoms with Crippen molar-refractivity contribution < 1.29 is 4.79 Å². The number of hydrogen-bond acceptors (Lipinski definition) is 3. The summed E-state index contributed by atoms with van der Waals surface area (Å²) in [7, 11) is 0. The number of nitrogens with one attached hydrogen (secondary N) is 2. The summed E-state index contributed by atoms with van der Waals surface area (Å²) in [5, 5.41) is 3.97. The van der Waals surface area contributed by atoms with Crippen molar-refractivity contribution in [1.82, 2.24) is 10.3 Å². The Balaban J connectivity index is 0.00000169. The van der Waals surface area contributed by atoms with E-state index in [4.69, 9.17) is 5.73 Å². The molecule has 2 aromatic rings. The second kappa shape index (κ2) is 6.57. The number of hydrogen-bond donors (Lipinski definition) is 3. The number of benzene rings is 1. The first-order valence-electron chi connectivity index (χ1n) is 8.28. The van der Waals surface area contributed by atoms with Crippen molar-refractivity contribution in [3.8, 4) is 0 Å². The molecule has 2 fully saturated rings. The van der Waals surface area contributed by atoms with Gasteiger partial charge >= 0.3 is 0 Å². The number of aromatic amines is 1. The molecule has 24 heavy (non-hydrogen) atoms. The zero-order valence-corrected chi connectivity index (χ0v) is 14.1. The fourth-order valence-electron chi connectivity index (χ4n) is 4.45. The number of pyridine rings is 1. The van der Waals surface area contributed by atoms with Crippen LogP contribution in [0.15, 0.2) is 35.1 Å². The third-order valence-corrected chi connectivity index (χ3v) is 5.57. The lowest BCUT2D eigenvalue weighted by Gasteiger charge is -2.27. The minimum Gasteiger partial charge on any atom is -0.352 e. The van der Waals surface area contributed by atoms with Crippen LogP contribution >= 0.6 is 12.4 Å². The largest absolute Gasteiger partial charge is 0.352 e. The summed E-state index contributed by atoms with van der Waals surface area (Å²) in [5.74, 6) is 0.915. The molecule has 4 N–H and O–H groups in total. The van der Waals surface area contributed by atoms with Gasteiger partial charge in [-0.2, -0.15) is 0 Å². The van der Waals surface area contributed by atoms with Crippen LogP contribution in [0.5, 0.6) is 0 Å². The summed E-state index contributed by atoms with van der Waals surface area (Å²) < 4.78 is 0. The Morgan fingerprint density at radius 1 is 1.25 bits per heavy atom. The lowest BCUT2D eigenvalue weighted by atomic mass is 9.84. The number of carbonyl (C=O) groups is 1. The van der Waals surface area contributed by atoms with Gasteiger partial charge in [0, 0.05) is 29.6 Å². The summed E-state index contributed by atoms with van der Waals surface area (Å²) in [6, 6.07) is 9.18. The Bertz CT molecular complexity index is 817. The zero-order chi connectivity index (χ0) is 16.0. The average Bonchev–Trinajstić information content (AvgIpc) is 3.13. The molecule has 4 rings (SSSR count). The van der Waals surface area contributed by atoms with Crippen LogP contribution in [0.1, 0.15) is 24.8 Å². The van der Waals surface area contributed by atoms with Gasteiger partial charge in [-0.05, 0) is 42.7 Å². The molecule has 128 valence electrons. The van der Waals surface area contributed by atoms with Crippen LogP contribution < -0.4 is 16.6 Å². The molecule has 6 heteroatoms. The highest BCUT2D eigenvalue weighted by Gasteiger charge is 2.48. The smallest absolute Gasteiger partial charge is 0.248 e. The summed E-state index contributed by atoms with van der Waals surface area (Å²) >= 11 is 0. The molecule has 2 bridgehead atoms. The number of halogens is 1. The molecule has 2 aliphatic rings. The van der Waals surface area contributed by atoms with Gasteiger partial charge in [0.2, 0.25) is 11.5 Å². The van der Waals surface area contributed by atoms with Crippen LogP contribution in [-0.4, -0.2) is 16.9 Å². The standard InChI is InChI=1S/C18H21N3O2.ClH/c19-17-11-6-5-10(7-11)16(17)18(23)20-9-12-8-15(22)21-14-4-2-1-3-13(12)14;/h1-4,8,10-11,16-17H,5-7,9,19H2,(H,20,23)(H,21,22);1H. The molecule has 1 aromatic heterocycles. The first-order valence-corrected chi connectivity index (χ1v) is 8.28. The van der Waals surface area contributed by atoms with Crippen LogP contribution in [0, 0.1) is 17.8 Å². The summed E-state index contributed by atoms with van der Waals surface area (Å²) in [6.45, 7) is 0.365. The van der Waals surface area contributed by atoms with Crippen molar-refractivity contribution in [2.24, 2.45) is 23.5 Å². The number of rotatable bonds is 3. The molecule has 5 nitrogen and oxygen atoms in total. The molecule has 2 saturated carbocycles. The van der Waals surface area contributed by atoms with Crippen molar-refractivity contribution in [1.29, 1.82) is 0 Å². The molecule has 1 heterocycles. The molecule has 0 saturated heterocycles. The number of fused-ring (bicyclic) bond motifs is 3. The van der Waals surface area contributed by atoms with Gasteiger partial charge < -0.3 is 16.0 Å². The third-order valence-electron chi connectivity index (χ3n) is 5.57. The van der Waals surface area contributed by atoms with E-state index in [2.05, 4.69) is 10.3 Å². The summed E-state index contributed by atoms with van der Waals surface area (Å²) in [4.78, 5) is 27.1. The molecule has 0 aliphatic heterocycles. The van der Waals surface area contributed by atoms with Gasteiger partial charge in [-0.3, -0.25) is 9.59 Å². The van der Waals surface area contributed by atoms with E-state index in [1.165, 1.54) is 0 Å². The molecule has 2 aliphatic carbocycles. The van der Waals surface area contributed by atoms with E-state index in [-0.39, 0.29) is 35.8 Å². The van der Waals surface area contributed by atoms with Crippen LogP contribution in [-0.2, 0) is 11.3 Å². The monoisotopic (exact) mass is 347 g/mol. The molecule has 0 spiro atoms. The predicted molar refractivity (Wildman–Crippen MR) is 96.0 cm³/mol. The Hall–Kier alpha value is -1.85. The Morgan fingerprint density at radius 2 is 2.00 bits per heavy atom. The fourth-order valence-corrected chi connectivity index (χ4v) is 4.45. The van der Waals surface area contributed by atoms with Crippen LogP contribution in [0.2, 0.25) is 0 Å². The third kappa shape index (κ3) is 2.82. The maximum atomic E-state index is 12.6. The van der Waals surface area contributed by atoms with Crippen molar-refractivity contribution in [2.45, 2.75) is 31.8 Å². The van der Waals surface area contributed by atoms with E-state index in [1.54, 1.807) is 6.07 Å². The number of aromatic nitrogens is 1. The predicted octanol–water partition coefficient (Wildman–Crippen LogP) is 1.94. The van der Waals surface area contributed by atoms with Gasteiger partial charge in [0.1, 0.15) is 0 Å². The number of H-pyrrole nitrogens is 1. The van der Waals surface area contributed by atoms with E-state index in [1.807, 2.05) is 24.3 Å². The second-order valence-electron chi connectivity index (χ2n) is 6.86. The minimum atomic E-state index is -0.149. The molecular formula is C18H22ClN3O2. The van der Waals surface area contributed by atoms with Crippen molar-refractivity contribution in [3.63, 3.8) is 0 Å². The quantitative estimate of drug-likeness (QED) is 0.792. The highest BCUT2D eigenvalue weighted by molar-refractivity contribution is 5.85. The number of para-hydroxylation sites is 1. The molecule has 1 amide bonds. The fraction of sp³-hybridized carbons (Fsp3) is 0.444. The number of amides is 1. The summed E-state index contributed by atoms with van der Waals surface area (Å²) in [5.41, 5.74) is 7.72. The van der Waals surface area contributed by atoms with Gasteiger partial charge in [-0.25, -0.2) is 0 Å². The zero-order valence-electron chi connectivity index (χ0n) is 13.3. The second-order valence-corrected chi connectivity index (χ2v) is 6.86. The van der Waals surface area contributed by atoms with Crippen LogP contribution in [0.4, 0.5) is 0 Å². The van der Waals surface area contributed by atoms with Gasteiger partial charge in [0.15, 0.2) is 0 Å². The lowest BCUT2D eigenvalue weighted by molar-refractivity contribution is -0.127. The van der Waals surface area contributed by atoms with Crippen molar-refractivity contribution in [2.75, 3.05) is 0 Å². The van der Waals surface area contributed by atoms with E-state index in [0.717, 1.165) is 35.7 Å². The van der Waals surface area contributed by atoms with E-state index < -0.39 is 0 Å². The van der Waals surface area contributed by atoms with Crippen molar-refractivity contribution in [3.05, 3.63) is 46.2 Å². The van der Waals surface area contributed by atoms with Crippen LogP contribution in [0.3, 0.4) is 0 Å². The first kappa shape index (κ1) is 17.0. The number of carbonyl (C=O) groups excluding carboxylic acids is 1. The molecule has 4 unspecified atom stereocenters. The Labute approximate surface area is 146 Å². The van der Waals surface area contributed by atoms with Gasteiger partial charge in [0.05, 0.1) is 5.92 Å². The Morgan fingerprint density at radius 3 is 2.75 bits per heavy atom. The highest BCUT2D eigenvalue weighted by atomic mass is 35.5. The Kier molecular flexibility index (Phi) is 4.65. The molecule has 4 atom stereocenters.